The van der Waals surface area contributed by atoms with E-state index >= 15 is 0 Å². The molecule has 0 N–H and O–H groups in total. The molecule has 0 aliphatic rings. The average Bonchev–Trinajstić information content (AvgIpc) is 3.23. The van der Waals surface area contributed by atoms with Gasteiger partial charge in [-0.1, -0.05) is 178 Å². The standard InChI is InChI=1S/C54H42/c1-54(2,3)47-28-29-50-51(36-47)53(46-34-43(39-22-12-6-13-23-39)31-44(35-46)40-24-14-7-15-25-40)49-27-17-16-26-48(49)52(50)45-32-41(37-18-8-4-9-19-37)30-42(33-45)38-20-10-5-11-21-38/h4-36H,1-3H3. The van der Waals surface area contributed by atoms with Gasteiger partial charge in [-0.2, -0.15) is 0 Å². The fourth-order valence-electron chi connectivity index (χ4n) is 8.00. The molecule has 0 aliphatic carbocycles. The van der Waals surface area contributed by atoms with Crippen molar-refractivity contribution in [3.8, 4) is 66.8 Å². The Hall–Kier alpha value is -6.50. The molecule has 9 aromatic carbocycles. The molecule has 0 saturated carbocycles. The van der Waals surface area contributed by atoms with Gasteiger partial charge in [0.05, 0.1) is 0 Å². The van der Waals surface area contributed by atoms with E-state index in [1.165, 1.54) is 93.9 Å². The summed E-state index contributed by atoms with van der Waals surface area (Å²) in [6.07, 6.45) is 0. The minimum atomic E-state index is -0.0218. The molecule has 0 heterocycles. The minimum Gasteiger partial charge on any atom is -0.0622 e. The SMILES string of the molecule is CC(C)(C)c1ccc2c(-c3cc(-c4ccccc4)cc(-c4ccccc4)c3)c3ccccc3c(-c3cc(-c4ccccc4)cc(-c4ccccc4)c3)c2c1. The Morgan fingerprint density at radius 2 is 0.537 bits per heavy atom. The predicted molar refractivity (Wildman–Crippen MR) is 233 cm³/mol. The topological polar surface area (TPSA) is 0 Å². The van der Waals surface area contributed by atoms with Crippen LogP contribution in [0.5, 0.6) is 0 Å². The maximum Gasteiger partial charge on any atom is -0.00258 e. The van der Waals surface area contributed by atoms with Crippen molar-refractivity contribution in [1.29, 1.82) is 0 Å². The van der Waals surface area contributed by atoms with Gasteiger partial charge in [-0.15, -0.1) is 0 Å². The molecule has 0 bridgehead atoms. The lowest BCUT2D eigenvalue weighted by Crippen LogP contribution is -2.10. The van der Waals surface area contributed by atoms with Crippen LogP contribution in [0.4, 0.5) is 0 Å². The van der Waals surface area contributed by atoms with Crippen LogP contribution >= 0.6 is 0 Å². The molecule has 0 spiro atoms. The molecule has 0 nitrogen and oxygen atoms in total. The molecular formula is C54H42. The highest BCUT2D eigenvalue weighted by Crippen LogP contribution is 2.47. The maximum atomic E-state index is 2.47. The lowest BCUT2D eigenvalue weighted by molar-refractivity contribution is 0.591. The van der Waals surface area contributed by atoms with Gasteiger partial charge in [-0.05, 0) is 142 Å². The Bertz CT molecular complexity index is 2640. The highest BCUT2D eigenvalue weighted by molar-refractivity contribution is 6.22. The third-order valence-electron chi connectivity index (χ3n) is 10.8. The van der Waals surface area contributed by atoms with E-state index < -0.39 is 0 Å². The summed E-state index contributed by atoms with van der Waals surface area (Å²) >= 11 is 0. The maximum absolute atomic E-state index is 2.47. The fraction of sp³-hybridized carbons (Fsp3) is 0.0741. The minimum absolute atomic E-state index is 0.0218. The van der Waals surface area contributed by atoms with Crippen LogP contribution < -0.4 is 0 Å². The number of hydrogen-bond donors (Lipinski definition) is 0. The van der Waals surface area contributed by atoms with Gasteiger partial charge in [0.25, 0.3) is 0 Å². The van der Waals surface area contributed by atoms with Crippen LogP contribution in [0.2, 0.25) is 0 Å². The third-order valence-corrected chi connectivity index (χ3v) is 10.8. The molecule has 54 heavy (non-hydrogen) atoms. The van der Waals surface area contributed by atoms with Gasteiger partial charge in [0, 0.05) is 0 Å². The zero-order valence-electron chi connectivity index (χ0n) is 31.1. The van der Waals surface area contributed by atoms with Gasteiger partial charge in [-0.3, -0.25) is 0 Å². The molecule has 0 aromatic heterocycles. The highest BCUT2D eigenvalue weighted by Gasteiger charge is 2.22. The van der Waals surface area contributed by atoms with E-state index in [1.807, 2.05) is 0 Å². The van der Waals surface area contributed by atoms with Crippen LogP contribution in [0.1, 0.15) is 26.3 Å². The highest BCUT2D eigenvalue weighted by atomic mass is 14.3. The zero-order chi connectivity index (χ0) is 36.6. The van der Waals surface area contributed by atoms with Crippen LogP contribution in [0.15, 0.2) is 200 Å². The van der Waals surface area contributed by atoms with Gasteiger partial charge in [0.1, 0.15) is 0 Å². The van der Waals surface area contributed by atoms with E-state index in [0.717, 1.165) is 0 Å². The van der Waals surface area contributed by atoms with Crippen molar-refractivity contribution in [2.75, 3.05) is 0 Å². The van der Waals surface area contributed by atoms with Crippen molar-refractivity contribution < 1.29 is 0 Å². The summed E-state index contributed by atoms with van der Waals surface area (Å²) < 4.78 is 0. The van der Waals surface area contributed by atoms with Crippen LogP contribution in [-0.4, -0.2) is 0 Å². The van der Waals surface area contributed by atoms with Gasteiger partial charge in [0.15, 0.2) is 0 Å². The normalized spacial score (nSPS) is 11.6. The van der Waals surface area contributed by atoms with Crippen molar-refractivity contribution in [3.05, 3.63) is 206 Å². The van der Waals surface area contributed by atoms with Crippen molar-refractivity contribution in [2.24, 2.45) is 0 Å². The first kappa shape index (κ1) is 33.3. The van der Waals surface area contributed by atoms with Gasteiger partial charge >= 0.3 is 0 Å². The van der Waals surface area contributed by atoms with Gasteiger partial charge in [-0.25, -0.2) is 0 Å². The Morgan fingerprint density at radius 3 is 0.889 bits per heavy atom. The lowest BCUT2D eigenvalue weighted by atomic mass is 9.80. The monoisotopic (exact) mass is 690 g/mol. The van der Waals surface area contributed by atoms with Crippen LogP contribution in [0.25, 0.3) is 88.3 Å². The quantitative estimate of drug-likeness (QED) is 0.152. The number of benzene rings is 9. The lowest BCUT2D eigenvalue weighted by Gasteiger charge is -2.24. The fourth-order valence-corrected chi connectivity index (χ4v) is 8.00. The molecule has 0 saturated heterocycles. The predicted octanol–water partition coefficient (Wildman–Crippen LogP) is 15.3. The summed E-state index contributed by atoms with van der Waals surface area (Å²) in [5.41, 5.74) is 16.0. The van der Waals surface area contributed by atoms with Crippen LogP contribution in [0.3, 0.4) is 0 Å². The van der Waals surface area contributed by atoms with E-state index in [4.69, 9.17) is 0 Å². The second-order valence-electron chi connectivity index (χ2n) is 15.4. The number of hydrogen-bond acceptors (Lipinski definition) is 0. The number of fused-ring (bicyclic) bond motifs is 2. The molecule has 0 aliphatic heterocycles. The summed E-state index contributed by atoms with van der Waals surface area (Å²) in [6.45, 7) is 6.94. The first-order valence-corrected chi connectivity index (χ1v) is 18.9. The van der Waals surface area contributed by atoms with Gasteiger partial charge < -0.3 is 0 Å². The summed E-state index contributed by atoms with van der Waals surface area (Å²) in [5, 5.41) is 5.03. The Morgan fingerprint density at radius 1 is 0.241 bits per heavy atom. The molecule has 9 rings (SSSR count). The second-order valence-corrected chi connectivity index (χ2v) is 15.4. The van der Waals surface area contributed by atoms with E-state index in [-0.39, 0.29) is 5.41 Å². The number of rotatable bonds is 6. The van der Waals surface area contributed by atoms with E-state index in [1.54, 1.807) is 0 Å². The zero-order valence-corrected chi connectivity index (χ0v) is 31.1. The Kier molecular flexibility index (Phi) is 8.53. The van der Waals surface area contributed by atoms with E-state index in [9.17, 15) is 0 Å². The van der Waals surface area contributed by atoms with Crippen molar-refractivity contribution in [2.45, 2.75) is 26.2 Å². The van der Waals surface area contributed by atoms with Crippen LogP contribution in [0, 0.1) is 0 Å². The smallest absolute Gasteiger partial charge is 0.00258 e. The molecular weight excluding hydrogens is 649 g/mol. The summed E-state index contributed by atoms with van der Waals surface area (Å²) in [4.78, 5) is 0. The molecule has 0 unspecified atom stereocenters. The summed E-state index contributed by atoms with van der Waals surface area (Å²) in [7, 11) is 0. The molecule has 0 heteroatoms. The van der Waals surface area contributed by atoms with Gasteiger partial charge in [0.2, 0.25) is 0 Å². The molecule has 0 radical (unpaired) electrons. The third kappa shape index (κ3) is 6.31. The molecule has 9 aromatic rings. The first-order chi connectivity index (χ1) is 26.4. The summed E-state index contributed by atoms with van der Waals surface area (Å²) in [5.74, 6) is 0. The van der Waals surface area contributed by atoms with Crippen molar-refractivity contribution in [3.63, 3.8) is 0 Å². The van der Waals surface area contributed by atoms with E-state index in [2.05, 4.69) is 221 Å². The van der Waals surface area contributed by atoms with E-state index in [0.29, 0.717) is 0 Å². The Balaban J connectivity index is 1.40. The molecule has 0 atom stereocenters. The summed E-state index contributed by atoms with van der Waals surface area (Å²) in [6, 6.07) is 73.6. The first-order valence-electron chi connectivity index (χ1n) is 18.9. The molecule has 258 valence electrons. The Labute approximate surface area is 319 Å². The van der Waals surface area contributed by atoms with Crippen LogP contribution in [-0.2, 0) is 5.41 Å². The second kappa shape index (κ2) is 13.8. The van der Waals surface area contributed by atoms with Crippen molar-refractivity contribution >= 4 is 21.5 Å². The molecule has 0 amide bonds. The largest absolute Gasteiger partial charge is 0.0622 e. The average molecular weight is 691 g/mol. The van der Waals surface area contributed by atoms with Crippen molar-refractivity contribution in [1.82, 2.24) is 0 Å². The molecule has 0 fully saturated rings.